The highest BCUT2D eigenvalue weighted by Gasteiger charge is 2.42. The number of ether oxygens (including phenoxy) is 2. The van der Waals surface area contributed by atoms with Crippen molar-refractivity contribution in [2.24, 2.45) is 0 Å². The lowest BCUT2D eigenvalue weighted by Crippen LogP contribution is -2.42. The molecule has 1 fully saturated rings. The maximum atomic E-state index is 13.5. The Hall–Kier alpha value is -4.27. The number of hydrogen-bond acceptors (Lipinski definition) is 7. The predicted molar refractivity (Wildman–Crippen MR) is 133 cm³/mol. The largest absolute Gasteiger partial charge is 0.497 e. The molecule has 0 atom stereocenters. The number of nitrogens with zero attached hydrogens (tertiary/aromatic N) is 2. The van der Waals surface area contributed by atoms with Gasteiger partial charge in [-0.2, -0.15) is 0 Å². The summed E-state index contributed by atoms with van der Waals surface area (Å²) in [7, 11) is 2.90. The van der Waals surface area contributed by atoms with Crippen LogP contribution in [0.1, 0.15) is 57.7 Å². The topological polar surface area (TPSA) is 120 Å². The second-order valence-electron chi connectivity index (χ2n) is 8.66. The third-order valence-corrected chi connectivity index (χ3v) is 6.46. The van der Waals surface area contributed by atoms with Crippen LogP contribution in [0.25, 0.3) is 0 Å². The summed E-state index contributed by atoms with van der Waals surface area (Å²) in [6, 6.07) is 12.5. The lowest BCUT2D eigenvalue weighted by Gasteiger charge is -2.28. The first-order valence-corrected chi connectivity index (χ1v) is 11.7. The molecule has 4 rings (SSSR count). The number of carbonyl (C=O) groups is 3. The van der Waals surface area contributed by atoms with Gasteiger partial charge in [0.25, 0.3) is 5.91 Å². The molecule has 0 spiro atoms. The molecule has 1 aliphatic rings. The van der Waals surface area contributed by atoms with Gasteiger partial charge in [0.1, 0.15) is 11.4 Å². The highest BCUT2D eigenvalue weighted by Crippen LogP contribution is 2.42. The Morgan fingerprint density at radius 2 is 1.75 bits per heavy atom. The summed E-state index contributed by atoms with van der Waals surface area (Å²) in [6.07, 6.45) is 7.69. The van der Waals surface area contributed by atoms with Crippen LogP contribution in [0.15, 0.2) is 61.1 Å². The highest BCUT2D eigenvalue weighted by molar-refractivity contribution is 6.03. The fraction of sp³-hybridized carbons (Fsp3) is 0.296. The fourth-order valence-electron chi connectivity index (χ4n) is 4.60. The van der Waals surface area contributed by atoms with Gasteiger partial charge in [-0.25, -0.2) is 9.78 Å². The highest BCUT2D eigenvalue weighted by atomic mass is 16.5. The van der Waals surface area contributed by atoms with E-state index in [4.69, 9.17) is 9.47 Å². The van der Waals surface area contributed by atoms with Crippen LogP contribution >= 0.6 is 0 Å². The lowest BCUT2D eigenvalue weighted by atomic mass is 9.78. The molecule has 2 N–H and O–H groups in total. The normalized spacial score (nSPS) is 14.1. The Bertz CT molecular complexity index is 1240. The quantitative estimate of drug-likeness (QED) is 0.465. The number of benzene rings is 2. The second-order valence-corrected chi connectivity index (χ2v) is 8.66. The molecule has 186 valence electrons. The maximum absolute atomic E-state index is 13.5. The molecule has 9 heteroatoms. The maximum Gasteiger partial charge on any atom is 0.337 e. The minimum Gasteiger partial charge on any atom is -0.497 e. The number of hydrogen-bond donors (Lipinski definition) is 2. The molecule has 2 amide bonds. The summed E-state index contributed by atoms with van der Waals surface area (Å²) in [5.74, 6) is -0.352. The molecular weight excluding hydrogens is 460 g/mol. The molecule has 1 aliphatic carbocycles. The van der Waals surface area contributed by atoms with E-state index in [1.807, 2.05) is 24.3 Å². The standard InChI is InChI=1S/C27H28N4O5/c1-35-22-7-5-20(6-8-22)27(9-3-4-10-27)26(34)30-16-18-13-19(25(33)36-2)15-21(14-18)31-24(32)23-17-28-11-12-29-23/h5-8,11-15,17H,3-4,9-10,16H2,1-2H3,(H,30,34)(H,31,32). The van der Waals surface area contributed by atoms with Gasteiger partial charge in [-0.3, -0.25) is 14.6 Å². The summed E-state index contributed by atoms with van der Waals surface area (Å²) in [5, 5.41) is 5.78. The smallest absolute Gasteiger partial charge is 0.337 e. The fourth-order valence-corrected chi connectivity index (χ4v) is 4.60. The number of aromatic nitrogens is 2. The van der Waals surface area contributed by atoms with Crippen molar-refractivity contribution in [2.75, 3.05) is 19.5 Å². The summed E-state index contributed by atoms with van der Waals surface area (Å²) < 4.78 is 10.1. The Morgan fingerprint density at radius 3 is 2.39 bits per heavy atom. The van der Waals surface area contributed by atoms with Gasteiger partial charge in [0.15, 0.2) is 0 Å². The number of esters is 1. The van der Waals surface area contributed by atoms with Gasteiger partial charge in [-0.15, -0.1) is 0 Å². The summed E-state index contributed by atoms with van der Waals surface area (Å²) in [5.41, 5.74) is 1.75. The van der Waals surface area contributed by atoms with Crippen LogP contribution in [0.4, 0.5) is 5.69 Å². The van der Waals surface area contributed by atoms with E-state index in [9.17, 15) is 14.4 Å². The predicted octanol–water partition coefficient (Wildman–Crippen LogP) is 3.65. The van der Waals surface area contributed by atoms with Gasteiger partial charge in [-0.05, 0) is 54.3 Å². The Labute approximate surface area is 209 Å². The van der Waals surface area contributed by atoms with Crippen molar-refractivity contribution in [1.29, 1.82) is 0 Å². The summed E-state index contributed by atoms with van der Waals surface area (Å²) in [4.78, 5) is 46.2. The molecular formula is C27H28N4O5. The number of anilines is 1. The van der Waals surface area contributed by atoms with Crippen molar-refractivity contribution < 1.29 is 23.9 Å². The molecule has 0 saturated heterocycles. The van der Waals surface area contributed by atoms with E-state index in [2.05, 4.69) is 20.6 Å². The third-order valence-electron chi connectivity index (χ3n) is 6.46. The van der Waals surface area contributed by atoms with Crippen LogP contribution in [0.3, 0.4) is 0 Å². The monoisotopic (exact) mass is 488 g/mol. The van der Waals surface area contributed by atoms with Gasteiger partial charge in [0, 0.05) is 24.6 Å². The molecule has 1 saturated carbocycles. The molecule has 0 aliphatic heterocycles. The van der Waals surface area contributed by atoms with E-state index >= 15 is 0 Å². The molecule has 0 bridgehead atoms. The van der Waals surface area contributed by atoms with Gasteiger partial charge in [-0.1, -0.05) is 25.0 Å². The van der Waals surface area contributed by atoms with Crippen molar-refractivity contribution in [3.63, 3.8) is 0 Å². The van der Waals surface area contributed by atoms with E-state index in [1.54, 1.807) is 19.2 Å². The SMILES string of the molecule is COC(=O)c1cc(CNC(=O)C2(c3ccc(OC)cc3)CCCC2)cc(NC(=O)c2cnccn2)c1. The average molecular weight is 489 g/mol. The van der Waals surface area contributed by atoms with E-state index in [1.165, 1.54) is 31.8 Å². The van der Waals surface area contributed by atoms with Gasteiger partial charge >= 0.3 is 5.97 Å². The first-order valence-electron chi connectivity index (χ1n) is 11.7. The molecule has 0 radical (unpaired) electrons. The average Bonchev–Trinajstić information content (AvgIpc) is 3.43. The van der Waals surface area contributed by atoms with Crippen LogP contribution in [0.2, 0.25) is 0 Å². The van der Waals surface area contributed by atoms with Crippen molar-refractivity contribution >= 4 is 23.5 Å². The first-order chi connectivity index (χ1) is 17.4. The van der Waals surface area contributed by atoms with Crippen LogP contribution in [0.5, 0.6) is 5.75 Å². The Balaban J connectivity index is 1.54. The number of nitrogens with one attached hydrogen (secondary N) is 2. The number of amides is 2. The Kier molecular flexibility index (Phi) is 7.58. The van der Waals surface area contributed by atoms with Gasteiger partial charge in [0.05, 0.1) is 31.4 Å². The van der Waals surface area contributed by atoms with Crippen molar-refractivity contribution in [1.82, 2.24) is 15.3 Å². The van der Waals surface area contributed by atoms with Crippen LogP contribution in [0, 0.1) is 0 Å². The summed E-state index contributed by atoms with van der Waals surface area (Å²) >= 11 is 0. The molecule has 1 heterocycles. The zero-order chi connectivity index (χ0) is 25.5. The zero-order valence-corrected chi connectivity index (χ0v) is 20.2. The van der Waals surface area contributed by atoms with Crippen molar-refractivity contribution in [2.45, 2.75) is 37.6 Å². The Morgan fingerprint density at radius 1 is 1.00 bits per heavy atom. The second kappa shape index (κ2) is 11.0. The molecule has 9 nitrogen and oxygen atoms in total. The van der Waals surface area contributed by atoms with E-state index in [0.717, 1.165) is 37.0 Å². The van der Waals surface area contributed by atoms with E-state index in [-0.39, 0.29) is 23.7 Å². The number of rotatable bonds is 8. The van der Waals surface area contributed by atoms with E-state index in [0.29, 0.717) is 11.3 Å². The third kappa shape index (κ3) is 5.35. The molecule has 2 aromatic carbocycles. The molecule has 36 heavy (non-hydrogen) atoms. The minimum atomic E-state index is -0.616. The van der Waals surface area contributed by atoms with E-state index < -0.39 is 17.3 Å². The molecule has 1 aromatic heterocycles. The van der Waals surface area contributed by atoms with Gasteiger partial charge < -0.3 is 20.1 Å². The van der Waals surface area contributed by atoms with Crippen molar-refractivity contribution in [3.05, 3.63) is 83.4 Å². The van der Waals surface area contributed by atoms with Crippen LogP contribution in [-0.4, -0.2) is 42.0 Å². The number of carbonyl (C=O) groups excluding carboxylic acids is 3. The van der Waals surface area contributed by atoms with Crippen molar-refractivity contribution in [3.8, 4) is 5.75 Å². The van der Waals surface area contributed by atoms with Crippen LogP contribution < -0.4 is 15.4 Å². The van der Waals surface area contributed by atoms with Crippen LogP contribution in [-0.2, 0) is 21.5 Å². The summed E-state index contributed by atoms with van der Waals surface area (Å²) in [6.45, 7) is 0.176. The van der Waals surface area contributed by atoms with Gasteiger partial charge in [0.2, 0.25) is 5.91 Å². The molecule has 3 aromatic rings. The lowest BCUT2D eigenvalue weighted by molar-refractivity contribution is -0.126. The number of methoxy groups -OCH3 is 2. The zero-order valence-electron chi connectivity index (χ0n) is 20.2. The minimum absolute atomic E-state index is 0.0706. The first kappa shape index (κ1) is 24.8. The molecule has 0 unspecified atom stereocenters.